The molecule has 21 heavy (non-hydrogen) atoms. The van der Waals surface area contributed by atoms with Gasteiger partial charge in [0, 0.05) is 11.0 Å². The lowest BCUT2D eigenvalue weighted by Crippen LogP contribution is -2.54. The van der Waals surface area contributed by atoms with Gasteiger partial charge in [-0.15, -0.1) is 0 Å². The fourth-order valence-electron chi connectivity index (χ4n) is 1.74. The number of aliphatic carboxylic acids is 1. The molecule has 1 aromatic carbocycles. The van der Waals surface area contributed by atoms with Gasteiger partial charge in [-0.2, -0.15) is 0 Å². The van der Waals surface area contributed by atoms with Crippen molar-refractivity contribution in [1.82, 2.24) is 4.90 Å². The molecule has 0 aliphatic carbocycles. The summed E-state index contributed by atoms with van der Waals surface area (Å²) in [6.07, 6.45) is 0. The number of nitrogens with one attached hydrogen (secondary N) is 1. The third-order valence-corrected chi connectivity index (χ3v) is 3.92. The molecule has 0 spiro atoms. The fourth-order valence-corrected chi connectivity index (χ4v) is 2.64. The maximum atomic E-state index is 13.2. The highest BCUT2D eigenvalue weighted by Crippen LogP contribution is 2.32. The number of carbonyl (C=O) groups is 2. The zero-order chi connectivity index (χ0) is 16.4. The highest BCUT2D eigenvalue weighted by atomic mass is 79.9. The number of anilines is 1. The number of carboxylic acid groups (broad SMARTS) is 1. The van der Waals surface area contributed by atoms with Crippen molar-refractivity contribution in [2.75, 3.05) is 11.9 Å². The van der Waals surface area contributed by atoms with Crippen LogP contribution in [0.5, 0.6) is 0 Å². The Labute approximate surface area is 135 Å². The lowest BCUT2D eigenvalue weighted by Gasteiger charge is -2.34. The number of hydrogen-bond acceptors (Lipinski definition) is 2. The first-order valence-electron chi connectivity index (χ1n) is 6.07. The first-order chi connectivity index (χ1) is 9.61. The van der Waals surface area contributed by atoms with Crippen LogP contribution in [-0.2, 0) is 4.79 Å². The van der Waals surface area contributed by atoms with Gasteiger partial charge in [-0.3, -0.25) is 0 Å². The molecule has 1 rings (SSSR count). The van der Waals surface area contributed by atoms with Crippen LogP contribution in [-0.4, -0.2) is 34.1 Å². The quantitative estimate of drug-likeness (QED) is 0.829. The lowest BCUT2D eigenvalue weighted by atomic mass is 10.0. The van der Waals surface area contributed by atoms with Gasteiger partial charge < -0.3 is 15.3 Å². The van der Waals surface area contributed by atoms with Crippen LogP contribution in [0, 0.1) is 5.82 Å². The highest BCUT2D eigenvalue weighted by molar-refractivity contribution is 9.10. The summed E-state index contributed by atoms with van der Waals surface area (Å²) in [7, 11) is 0. The molecule has 5 nitrogen and oxygen atoms in total. The molecule has 0 aromatic heterocycles. The van der Waals surface area contributed by atoms with Gasteiger partial charge in [0.05, 0.1) is 10.7 Å². The minimum absolute atomic E-state index is 0.0133. The molecule has 0 atom stereocenters. The summed E-state index contributed by atoms with van der Waals surface area (Å²) in [4.78, 5) is 24.7. The van der Waals surface area contributed by atoms with E-state index in [2.05, 4.69) is 21.2 Å². The van der Waals surface area contributed by atoms with Gasteiger partial charge in [0.25, 0.3) is 0 Å². The van der Waals surface area contributed by atoms with Gasteiger partial charge in [0.2, 0.25) is 0 Å². The van der Waals surface area contributed by atoms with E-state index in [4.69, 9.17) is 11.6 Å². The Morgan fingerprint density at radius 2 is 2.05 bits per heavy atom. The summed E-state index contributed by atoms with van der Waals surface area (Å²) in [6, 6.07) is 1.57. The number of benzene rings is 1. The van der Waals surface area contributed by atoms with E-state index in [0.717, 1.165) is 17.0 Å². The molecule has 1 aromatic rings. The number of amides is 2. The zero-order valence-electron chi connectivity index (χ0n) is 11.7. The summed E-state index contributed by atoms with van der Waals surface area (Å²) in [5.74, 6) is -1.69. The van der Waals surface area contributed by atoms with Crippen LogP contribution in [0.25, 0.3) is 0 Å². The second kappa shape index (κ2) is 6.62. The first-order valence-corrected chi connectivity index (χ1v) is 7.25. The smallest absolute Gasteiger partial charge is 0.329 e. The maximum Gasteiger partial charge on any atom is 0.329 e. The second-order valence-electron chi connectivity index (χ2n) is 4.78. The molecular formula is C13H15BrClFN2O3. The van der Waals surface area contributed by atoms with Crippen molar-refractivity contribution in [2.45, 2.75) is 26.3 Å². The molecule has 0 bridgehead atoms. The van der Waals surface area contributed by atoms with E-state index in [1.54, 1.807) is 6.92 Å². The zero-order valence-corrected chi connectivity index (χ0v) is 14.0. The average Bonchev–Trinajstić information content (AvgIpc) is 2.34. The van der Waals surface area contributed by atoms with Gasteiger partial charge in [-0.1, -0.05) is 11.6 Å². The third-order valence-electron chi connectivity index (χ3n) is 3.00. The van der Waals surface area contributed by atoms with Crippen LogP contribution in [0.4, 0.5) is 14.9 Å². The molecule has 116 valence electrons. The summed E-state index contributed by atoms with van der Waals surface area (Å²) < 4.78 is 13.4. The Morgan fingerprint density at radius 1 is 1.48 bits per heavy atom. The number of rotatable bonds is 4. The molecule has 0 fully saturated rings. The minimum atomic E-state index is -1.39. The van der Waals surface area contributed by atoms with Crippen molar-refractivity contribution in [3.8, 4) is 0 Å². The molecule has 2 amide bonds. The molecule has 0 saturated carbocycles. The maximum absolute atomic E-state index is 13.2. The molecule has 0 radical (unpaired) electrons. The summed E-state index contributed by atoms with van der Waals surface area (Å²) >= 11 is 8.99. The molecule has 0 heterocycles. The third kappa shape index (κ3) is 3.85. The van der Waals surface area contributed by atoms with E-state index < -0.39 is 23.4 Å². The largest absolute Gasteiger partial charge is 0.480 e. The van der Waals surface area contributed by atoms with Crippen LogP contribution >= 0.6 is 27.5 Å². The van der Waals surface area contributed by atoms with Gasteiger partial charge in [-0.25, -0.2) is 14.0 Å². The topological polar surface area (TPSA) is 69.6 Å². The van der Waals surface area contributed by atoms with E-state index in [-0.39, 0.29) is 21.7 Å². The van der Waals surface area contributed by atoms with Gasteiger partial charge in [0.1, 0.15) is 11.4 Å². The Balaban J connectivity index is 3.08. The van der Waals surface area contributed by atoms with E-state index in [9.17, 15) is 19.1 Å². The van der Waals surface area contributed by atoms with Gasteiger partial charge in [-0.05, 0) is 48.8 Å². The van der Waals surface area contributed by atoms with Crippen LogP contribution in [0.15, 0.2) is 16.6 Å². The Hall–Kier alpha value is -1.34. The minimum Gasteiger partial charge on any atom is -0.480 e. The molecule has 0 aliphatic rings. The average molecular weight is 382 g/mol. The monoisotopic (exact) mass is 380 g/mol. The number of nitrogens with zero attached hydrogens (tertiary/aromatic N) is 1. The van der Waals surface area contributed by atoms with Crippen LogP contribution < -0.4 is 5.32 Å². The predicted octanol–water partition coefficient (Wildman–Crippen LogP) is 3.96. The van der Waals surface area contributed by atoms with Crippen molar-refractivity contribution in [1.29, 1.82) is 0 Å². The highest BCUT2D eigenvalue weighted by Gasteiger charge is 2.37. The number of urea groups is 1. The van der Waals surface area contributed by atoms with Gasteiger partial charge >= 0.3 is 12.0 Å². The molecular weight excluding hydrogens is 367 g/mol. The number of halogens is 3. The van der Waals surface area contributed by atoms with Crippen LogP contribution in [0.3, 0.4) is 0 Å². The van der Waals surface area contributed by atoms with Crippen LogP contribution in [0.1, 0.15) is 20.8 Å². The number of carboxylic acids is 1. The lowest BCUT2D eigenvalue weighted by molar-refractivity contribution is -0.147. The molecule has 8 heteroatoms. The van der Waals surface area contributed by atoms with Crippen molar-refractivity contribution >= 4 is 45.2 Å². The second-order valence-corrected chi connectivity index (χ2v) is 6.04. The van der Waals surface area contributed by atoms with Gasteiger partial charge in [0.15, 0.2) is 0 Å². The molecule has 0 aliphatic heterocycles. The Morgan fingerprint density at radius 3 is 2.48 bits per heavy atom. The van der Waals surface area contributed by atoms with Crippen molar-refractivity contribution in [2.24, 2.45) is 0 Å². The standard InChI is InChI=1S/C13H15BrClFN2O3/c1-4-18(13(2,3)11(19)20)12(21)17-10-8(14)5-7(16)6-9(10)15/h5-6H,4H2,1-3H3,(H,17,21)(H,19,20). The molecule has 0 unspecified atom stereocenters. The Kier molecular flexibility index (Phi) is 5.58. The van der Waals surface area contributed by atoms with Crippen molar-refractivity contribution in [3.05, 3.63) is 27.4 Å². The SMILES string of the molecule is CCN(C(=O)Nc1c(Cl)cc(F)cc1Br)C(C)(C)C(=O)O. The van der Waals surface area contributed by atoms with E-state index in [1.807, 2.05) is 0 Å². The van der Waals surface area contributed by atoms with E-state index in [0.29, 0.717) is 0 Å². The van der Waals surface area contributed by atoms with E-state index >= 15 is 0 Å². The number of carbonyl (C=O) groups excluding carboxylic acids is 1. The molecule has 2 N–H and O–H groups in total. The summed E-state index contributed by atoms with van der Waals surface area (Å²) in [5.41, 5.74) is -1.21. The molecule has 0 saturated heterocycles. The fraction of sp³-hybridized carbons (Fsp3) is 0.385. The van der Waals surface area contributed by atoms with Crippen molar-refractivity contribution < 1.29 is 19.1 Å². The van der Waals surface area contributed by atoms with Crippen LogP contribution in [0.2, 0.25) is 5.02 Å². The van der Waals surface area contributed by atoms with E-state index in [1.165, 1.54) is 13.8 Å². The van der Waals surface area contributed by atoms with Crippen molar-refractivity contribution in [3.63, 3.8) is 0 Å². The number of likely N-dealkylation sites (N-methyl/N-ethyl adjacent to an activating group) is 1. The Bertz CT molecular complexity index is 558. The summed E-state index contributed by atoms with van der Waals surface area (Å²) in [5, 5.41) is 11.7. The summed E-state index contributed by atoms with van der Waals surface area (Å²) in [6.45, 7) is 4.67. The normalized spacial score (nSPS) is 11.1. The first kappa shape index (κ1) is 17.7. The predicted molar refractivity (Wildman–Crippen MR) is 82.2 cm³/mol. The number of hydrogen-bond donors (Lipinski definition) is 2.